The van der Waals surface area contributed by atoms with Gasteiger partial charge in [0.2, 0.25) is 6.10 Å². The van der Waals surface area contributed by atoms with Gasteiger partial charge >= 0.3 is 12.1 Å². The molecular formula is C22H14F5NO3. The molecule has 0 saturated heterocycles. The zero-order valence-corrected chi connectivity index (χ0v) is 15.6. The molecule has 0 aliphatic carbocycles. The predicted octanol–water partition coefficient (Wildman–Crippen LogP) is 5.52. The van der Waals surface area contributed by atoms with Crippen molar-refractivity contribution in [2.45, 2.75) is 12.3 Å². The number of hydrogen-bond donors (Lipinski definition) is 1. The standard InChI is InChI=1S/C22H14F5NO3/c23-16-10-5-11-17(24)18(16)21(30)31-19(13-6-2-1-3-7-13)20(29)28-15-9-4-8-14(12-15)22(25,26)27/h1-12,19H,(H,28,29). The molecule has 0 fully saturated rings. The van der Waals surface area contributed by atoms with Crippen LogP contribution >= 0.6 is 0 Å². The van der Waals surface area contributed by atoms with E-state index < -0.39 is 46.9 Å². The van der Waals surface area contributed by atoms with E-state index in [1.807, 2.05) is 0 Å². The molecule has 3 aromatic carbocycles. The van der Waals surface area contributed by atoms with Crippen LogP contribution in [0.1, 0.15) is 27.6 Å². The number of ether oxygens (including phenoxy) is 1. The Morgan fingerprint density at radius 2 is 1.45 bits per heavy atom. The molecule has 0 heterocycles. The highest BCUT2D eigenvalue weighted by Crippen LogP contribution is 2.31. The first-order valence-electron chi connectivity index (χ1n) is 8.85. The summed E-state index contributed by atoms with van der Waals surface area (Å²) in [5.41, 5.74) is -2.03. The quantitative estimate of drug-likeness (QED) is 0.424. The third kappa shape index (κ3) is 5.25. The molecule has 1 amide bonds. The Labute approximate surface area is 173 Å². The molecule has 0 bridgehead atoms. The number of esters is 1. The molecule has 4 nitrogen and oxygen atoms in total. The van der Waals surface area contributed by atoms with Crippen molar-refractivity contribution >= 4 is 17.6 Å². The number of carbonyl (C=O) groups excluding carboxylic acids is 2. The molecule has 3 aromatic rings. The molecule has 0 aliphatic heterocycles. The Hall–Kier alpha value is -3.75. The summed E-state index contributed by atoms with van der Waals surface area (Å²) in [4.78, 5) is 25.1. The molecule has 0 saturated carbocycles. The first-order chi connectivity index (χ1) is 14.7. The van der Waals surface area contributed by atoms with Crippen LogP contribution in [0.3, 0.4) is 0 Å². The average molecular weight is 435 g/mol. The summed E-state index contributed by atoms with van der Waals surface area (Å²) < 4.78 is 71.6. The summed E-state index contributed by atoms with van der Waals surface area (Å²) in [5, 5.41) is 2.24. The molecule has 0 spiro atoms. The second-order valence-electron chi connectivity index (χ2n) is 6.36. The maximum atomic E-state index is 13.9. The Morgan fingerprint density at radius 1 is 0.839 bits per heavy atom. The highest BCUT2D eigenvalue weighted by Gasteiger charge is 2.32. The highest BCUT2D eigenvalue weighted by atomic mass is 19.4. The van der Waals surface area contributed by atoms with Gasteiger partial charge in [0.15, 0.2) is 0 Å². The van der Waals surface area contributed by atoms with Crippen LogP contribution in [0.5, 0.6) is 0 Å². The second kappa shape index (κ2) is 8.95. The van der Waals surface area contributed by atoms with Gasteiger partial charge in [0.1, 0.15) is 17.2 Å². The number of halogens is 5. The summed E-state index contributed by atoms with van der Waals surface area (Å²) in [5.74, 6) is -4.82. The van der Waals surface area contributed by atoms with Crippen molar-refractivity contribution in [3.63, 3.8) is 0 Å². The maximum absolute atomic E-state index is 13.9. The van der Waals surface area contributed by atoms with E-state index in [9.17, 15) is 31.5 Å². The molecule has 1 unspecified atom stereocenters. The van der Waals surface area contributed by atoms with Crippen molar-refractivity contribution < 1.29 is 36.3 Å². The third-order valence-electron chi connectivity index (χ3n) is 4.19. The number of hydrogen-bond acceptors (Lipinski definition) is 3. The lowest BCUT2D eigenvalue weighted by Crippen LogP contribution is -2.26. The average Bonchev–Trinajstić information content (AvgIpc) is 2.72. The molecule has 9 heteroatoms. The lowest BCUT2D eigenvalue weighted by atomic mass is 10.1. The van der Waals surface area contributed by atoms with Gasteiger partial charge in [-0.2, -0.15) is 13.2 Å². The smallest absolute Gasteiger partial charge is 0.416 e. The molecule has 31 heavy (non-hydrogen) atoms. The van der Waals surface area contributed by atoms with Gasteiger partial charge in [0.25, 0.3) is 5.91 Å². The first kappa shape index (κ1) is 21.9. The summed E-state index contributed by atoms with van der Waals surface area (Å²) in [6.45, 7) is 0. The number of anilines is 1. The zero-order chi connectivity index (χ0) is 22.6. The summed E-state index contributed by atoms with van der Waals surface area (Å²) in [6, 6.07) is 14.1. The van der Waals surface area contributed by atoms with Gasteiger partial charge in [0.05, 0.1) is 5.56 Å². The predicted molar refractivity (Wildman–Crippen MR) is 101 cm³/mol. The van der Waals surface area contributed by atoms with Crippen LogP contribution in [0.4, 0.5) is 27.6 Å². The number of amides is 1. The van der Waals surface area contributed by atoms with Crippen LogP contribution in [-0.4, -0.2) is 11.9 Å². The van der Waals surface area contributed by atoms with E-state index in [0.717, 1.165) is 30.3 Å². The second-order valence-corrected chi connectivity index (χ2v) is 6.36. The van der Waals surface area contributed by atoms with Gasteiger partial charge < -0.3 is 10.1 Å². The fourth-order valence-electron chi connectivity index (χ4n) is 2.74. The molecular weight excluding hydrogens is 421 g/mol. The SMILES string of the molecule is O=C(OC(C(=O)Nc1cccc(C(F)(F)F)c1)c1ccccc1)c1c(F)cccc1F. The van der Waals surface area contributed by atoms with E-state index >= 15 is 0 Å². The van der Waals surface area contributed by atoms with E-state index in [1.54, 1.807) is 6.07 Å². The van der Waals surface area contributed by atoms with E-state index in [0.29, 0.717) is 6.07 Å². The minimum atomic E-state index is -4.63. The Kier molecular flexibility index (Phi) is 6.33. The number of benzene rings is 3. The van der Waals surface area contributed by atoms with Gasteiger partial charge in [0, 0.05) is 11.3 Å². The largest absolute Gasteiger partial charge is 0.444 e. The highest BCUT2D eigenvalue weighted by molar-refractivity contribution is 5.98. The topological polar surface area (TPSA) is 55.4 Å². The van der Waals surface area contributed by atoms with Gasteiger partial charge in [-0.25, -0.2) is 13.6 Å². The fourth-order valence-corrected chi connectivity index (χ4v) is 2.74. The van der Waals surface area contributed by atoms with Crippen LogP contribution < -0.4 is 5.32 Å². The third-order valence-corrected chi connectivity index (χ3v) is 4.19. The molecule has 3 rings (SSSR count). The van der Waals surface area contributed by atoms with Gasteiger partial charge in [-0.15, -0.1) is 0 Å². The molecule has 1 N–H and O–H groups in total. The zero-order valence-electron chi connectivity index (χ0n) is 15.6. The van der Waals surface area contributed by atoms with E-state index in [-0.39, 0.29) is 11.3 Å². The van der Waals surface area contributed by atoms with E-state index in [4.69, 9.17) is 4.74 Å². The van der Waals surface area contributed by atoms with Crippen molar-refractivity contribution in [1.29, 1.82) is 0 Å². The molecule has 0 aromatic heterocycles. The monoisotopic (exact) mass is 435 g/mol. The molecule has 160 valence electrons. The number of carbonyl (C=O) groups is 2. The van der Waals surface area contributed by atoms with E-state index in [2.05, 4.69) is 5.32 Å². The van der Waals surface area contributed by atoms with Gasteiger partial charge in [-0.3, -0.25) is 4.79 Å². The van der Waals surface area contributed by atoms with Crippen LogP contribution in [0.15, 0.2) is 72.8 Å². The lowest BCUT2D eigenvalue weighted by Gasteiger charge is -2.19. The van der Waals surface area contributed by atoms with E-state index in [1.165, 1.54) is 30.3 Å². The lowest BCUT2D eigenvalue weighted by molar-refractivity contribution is -0.137. The Morgan fingerprint density at radius 3 is 2.06 bits per heavy atom. The minimum absolute atomic E-state index is 0.150. The summed E-state index contributed by atoms with van der Waals surface area (Å²) >= 11 is 0. The summed E-state index contributed by atoms with van der Waals surface area (Å²) in [6.07, 6.45) is -6.31. The Balaban J connectivity index is 1.90. The normalized spacial score (nSPS) is 12.2. The van der Waals surface area contributed by atoms with Gasteiger partial charge in [-0.1, -0.05) is 42.5 Å². The van der Waals surface area contributed by atoms with Crippen molar-refractivity contribution in [1.82, 2.24) is 0 Å². The van der Waals surface area contributed by atoms with Crippen molar-refractivity contribution in [2.75, 3.05) is 5.32 Å². The first-order valence-corrected chi connectivity index (χ1v) is 8.85. The van der Waals surface area contributed by atoms with Crippen LogP contribution in [-0.2, 0) is 15.7 Å². The number of rotatable bonds is 5. The van der Waals surface area contributed by atoms with Crippen molar-refractivity contribution in [2.24, 2.45) is 0 Å². The van der Waals surface area contributed by atoms with Crippen LogP contribution in [0.2, 0.25) is 0 Å². The number of nitrogens with one attached hydrogen (secondary N) is 1. The maximum Gasteiger partial charge on any atom is 0.416 e. The molecule has 0 aliphatic rings. The van der Waals surface area contributed by atoms with Gasteiger partial charge in [-0.05, 0) is 30.3 Å². The number of alkyl halides is 3. The van der Waals surface area contributed by atoms with Crippen molar-refractivity contribution in [3.05, 3.63) is 101 Å². The van der Waals surface area contributed by atoms with Crippen LogP contribution in [0.25, 0.3) is 0 Å². The minimum Gasteiger partial charge on any atom is -0.444 e. The molecule has 0 radical (unpaired) electrons. The van der Waals surface area contributed by atoms with Crippen molar-refractivity contribution in [3.8, 4) is 0 Å². The van der Waals surface area contributed by atoms with Crippen LogP contribution in [0, 0.1) is 11.6 Å². The fraction of sp³-hybridized carbons (Fsp3) is 0.0909. The summed E-state index contributed by atoms with van der Waals surface area (Å²) in [7, 11) is 0. The molecule has 1 atom stereocenters. The Bertz CT molecular complexity index is 1080.